The van der Waals surface area contributed by atoms with E-state index in [1.165, 1.54) is 44.9 Å². The summed E-state index contributed by atoms with van der Waals surface area (Å²) in [7, 11) is 0. The van der Waals surface area contributed by atoms with E-state index in [9.17, 15) is 9.59 Å². The first-order valence-electron chi connectivity index (χ1n) is 14.9. The lowest BCUT2D eigenvalue weighted by Gasteiger charge is -2.38. The van der Waals surface area contributed by atoms with Crippen LogP contribution in [0, 0.1) is 23.7 Å². The van der Waals surface area contributed by atoms with Crippen molar-refractivity contribution in [3.63, 3.8) is 0 Å². The number of nitrogens with one attached hydrogen (secondary N) is 3. The third-order valence-corrected chi connectivity index (χ3v) is 10.2. The summed E-state index contributed by atoms with van der Waals surface area (Å²) in [6.45, 7) is 0. The van der Waals surface area contributed by atoms with Crippen LogP contribution in [0.3, 0.4) is 0 Å². The molecule has 0 spiro atoms. The van der Waals surface area contributed by atoms with Crippen molar-refractivity contribution in [1.82, 2.24) is 10.3 Å². The number of amides is 2. The van der Waals surface area contributed by atoms with Crippen molar-refractivity contribution in [2.24, 2.45) is 23.7 Å². The highest BCUT2D eigenvalue weighted by atomic mass is 16.2. The van der Waals surface area contributed by atoms with Crippen LogP contribution in [0.1, 0.15) is 87.4 Å². The summed E-state index contributed by atoms with van der Waals surface area (Å²) in [4.78, 5) is 29.5. The Bertz CT molecular complexity index is 1350. The molecule has 38 heavy (non-hydrogen) atoms. The van der Waals surface area contributed by atoms with Crippen LogP contribution in [0.5, 0.6) is 0 Å². The van der Waals surface area contributed by atoms with Gasteiger partial charge in [0.15, 0.2) is 0 Å². The fourth-order valence-electron chi connectivity index (χ4n) is 8.39. The number of anilines is 1. The van der Waals surface area contributed by atoms with E-state index in [0.29, 0.717) is 0 Å². The number of hydrogen-bond acceptors (Lipinski definition) is 2. The Morgan fingerprint density at radius 2 is 1.63 bits per heavy atom. The lowest BCUT2D eigenvalue weighted by atomic mass is 9.75. The van der Waals surface area contributed by atoms with Gasteiger partial charge in [-0.1, -0.05) is 56.7 Å². The average Bonchev–Trinajstić information content (AvgIpc) is 3.42. The molecule has 198 valence electrons. The lowest BCUT2D eigenvalue weighted by molar-refractivity contribution is -0.120. The molecule has 0 saturated heterocycles. The highest BCUT2D eigenvalue weighted by molar-refractivity contribution is 5.99. The summed E-state index contributed by atoms with van der Waals surface area (Å²) in [6.07, 6.45) is 14.5. The summed E-state index contributed by atoms with van der Waals surface area (Å²) < 4.78 is 0. The molecule has 3 bridgehead atoms. The molecule has 4 aliphatic rings. The zero-order chi connectivity index (χ0) is 25.7. The monoisotopic (exact) mass is 509 g/mol. The van der Waals surface area contributed by atoms with Crippen LogP contribution in [-0.2, 0) is 4.79 Å². The van der Waals surface area contributed by atoms with Crippen molar-refractivity contribution in [1.29, 1.82) is 0 Å². The predicted molar refractivity (Wildman–Crippen MR) is 152 cm³/mol. The minimum Gasteiger partial charge on any atom is -0.355 e. The molecule has 5 heteroatoms. The molecular weight excluding hydrogens is 470 g/mol. The summed E-state index contributed by atoms with van der Waals surface area (Å²) >= 11 is 0. The van der Waals surface area contributed by atoms with Gasteiger partial charge in [0.25, 0.3) is 5.91 Å². The minimum atomic E-state index is 0.0136. The summed E-state index contributed by atoms with van der Waals surface area (Å²) in [6, 6.07) is 16.2. The highest BCUT2D eigenvalue weighted by Crippen LogP contribution is 2.55. The summed E-state index contributed by atoms with van der Waals surface area (Å²) in [5.41, 5.74) is 4.65. The van der Waals surface area contributed by atoms with E-state index < -0.39 is 0 Å². The van der Waals surface area contributed by atoms with Crippen LogP contribution in [0.4, 0.5) is 5.69 Å². The molecule has 4 aliphatic carbocycles. The van der Waals surface area contributed by atoms with Crippen LogP contribution in [0.25, 0.3) is 22.2 Å². The molecule has 4 fully saturated rings. The first-order valence-corrected chi connectivity index (χ1v) is 14.9. The van der Waals surface area contributed by atoms with Gasteiger partial charge in [0.2, 0.25) is 5.91 Å². The molecule has 2 amide bonds. The number of aromatic amines is 1. The number of carbonyl (C=O) groups excluding carboxylic acids is 2. The van der Waals surface area contributed by atoms with Crippen molar-refractivity contribution in [3.05, 3.63) is 54.1 Å². The van der Waals surface area contributed by atoms with Gasteiger partial charge >= 0.3 is 0 Å². The maximum absolute atomic E-state index is 13.4. The second-order valence-corrected chi connectivity index (χ2v) is 12.8. The van der Waals surface area contributed by atoms with Crippen molar-refractivity contribution in [2.45, 2.75) is 82.6 Å². The third kappa shape index (κ3) is 4.54. The van der Waals surface area contributed by atoms with Crippen molar-refractivity contribution in [2.75, 3.05) is 5.32 Å². The minimum absolute atomic E-state index is 0.0136. The van der Waals surface area contributed by atoms with Gasteiger partial charge in [0.1, 0.15) is 0 Å². The van der Waals surface area contributed by atoms with Crippen molar-refractivity contribution in [3.8, 4) is 11.3 Å². The first-order chi connectivity index (χ1) is 18.5. The molecule has 4 atom stereocenters. The largest absolute Gasteiger partial charge is 0.355 e. The molecule has 1 aromatic heterocycles. The van der Waals surface area contributed by atoms with Gasteiger partial charge in [-0.05, 0) is 92.2 Å². The van der Waals surface area contributed by atoms with Gasteiger partial charge in [-0.3, -0.25) is 9.59 Å². The quantitative estimate of drug-likeness (QED) is 0.334. The number of H-pyrrole nitrogens is 1. The highest BCUT2D eigenvalue weighted by Gasteiger charge is 2.52. The van der Waals surface area contributed by atoms with E-state index >= 15 is 0 Å². The van der Waals surface area contributed by atoms with Gasteiger partial charge in [-0.15, -0.1) is 0 Å². The molecule has 5 nitrogen and oxygen atoms in total. The second-order valence-electron chi connectivity index (χ2n) is 12.8. The van der Waals surface area contributed by atoms with Crippen molar-refractivity contribution >= 4 is 28.4 Å². The number of benzene rings is 2. The number of rotatable bonds is 5. The molecule has 0 radical (unpaired) electrons. The van der Waals surface area contributed by atoms with E-state index in [-0.39, 0.29) is 23.3 Å². The maximum atomic E-state index is 13.4. The second kappa shape index (κ2) is 9.59. The zero-order valence-corrected chi connectivity index (χ0v) is 22.2. The fourth-order valence-corrected chi connectivity index (χ4v) is 8.39. The topological polar surface area (TPSA) is 74.0 Å². The standard InChI is InChI=1S/C33H39N3O2/c37-31(23-6-2-1-3-7-23)34-28-13-11-22(12-14-28)29-16-24-9-10-25(17-30(24)35-29)32(38)36-33-18-21-5-4-8-26(19-33)27(15-21)20-33/h9-14,16-17,21,23,26-27,35H,1-8,15,18-20H2,(H,34,37)(H,36,38). The maximum Gasteiger partial charge on any atom is 0.251 e. The third-order valence-electron chi connectivity index (χ3n) is 10.2. The Hall–Kier alpha value is -3.08. The summed E-state index contributed by atoms with van der Waals surface area (Å²) in [5.74, 6) is 2.79. The molecule has 3 aromatic rings. The van der Waals surface area contributed by atoms with Crippen LogP contribution in [0.15, 0.2) is 48.5 Å². The van der Waals surface area contributed by atoms with Gasteiger partial charge in [-0.2, -0.15) is 0 Å². The molecule has 3 N–H and O–H groups in total. The Morgan fingerprint density at radius 1 is 0.816 bits per heavy atom. The lowest BCUT2D eigenvalue weighted by Crippen LogP contribution is -2.49. The normalized spacial score (nSPS) is 28.8. The molecule has 4 unspecified atom stereocenters. The van der Waals surface area contributed by atoms with Gasteiger partial charge in [-0.25, -0.2) is 0 Å². The molecule has 4 saturated carbocycles. The van der Waals surface area contributed by atoms with Crippen LogP contribution < -0.4 is 10.6 Å². The number of fused-ring (bicyclic) bond motifs is 3. The number of hydrogen-bond donors (Lipinski definition) is 3. The number of aromatic nitrogens is 1. The Balaban J connectivity index is 1.05. The van der Waals surface area contributed by atoms with Crippen molar-refractivity contribution < 1.29 is 9.59 Å². The summed E-state index contributed by atoms with van der Waals surface area (Å²) in [5, 5.41) is 7.72. The van der Waals surface area contributed by atoms with E-state index in [2.05, 4.69) is 21.7 Å². The van der Waals surface area contributed by atoms with E-state index in [0.717, 1.165) is 83.3 Å². The van der Waals surface area contributed by atoms with Gasteiger partial charge < -0.3 is 15.6 Å². The van der Waals surface area contributed by atoms with E-state index in [1.807, 2.05) is 42.5 Å². The SMILES string of the molecule is O=C(NC12CC3CCCC(C1)C(C3)C2)c1ccc2cc(-c3ccc(NC(=O)C4CCCCC4)cc3)[nH]c2c1. The van der Waals surface area contributed by atoms with Crippen LogP contribution in [0.2, 0.25) is 0 Å². The first kappa shape index (κ1) is 24.0. The Labute approximate surface area is 225 Å². The fraction of sp³-hybridized carbons (Fsp3) is 0.515. The smallest absolute Gasteiger partial charge is 0.251 e. The zero-order valence-electron chi connectivity index (χ0n) is 22.2. The molecule has 2 aromatic carbocycles. The van der Waals surface area contributed by atoms with Gasteiger partial charge in [0, 0.05) is 39.3 Å². The Kier molecular flexibility index (Phi) is 6.05. The molecule has 0 aliphatic heterocycles. The molecule has 7 rings (SSSR count). The average molecular weight is 510 g/mol. The van der Waals surface area contributed by atoms with E-state index in [1.54, 1.807) is 0 Å². The molecular formula is C33H39N3O2. The van der Waals surface area contributed by atoms with Crippen LogP contribution >= 0.6 is 0 Å². The predicted octanol–water partition coefficient (Wildman–Crippen LogP) is 7.44. The Morgan fingerprint density at radius 3 is 2.47 bits per heavy atom. The van der Waals surface area contributed by atoms with E-state index in [4.69, 9.17) is 0 Å². The molecule has 1 heterocycles. The van der Waals surface area contributed by atoms with Gasteiger partial charge in [0.05, 0.1) is 0 Å². The number of carbonyl (C=O) groups is 2. The van der Waals surface area contributed by atoms with Crippen LogP contribution in [-0.4, -0.2) is 22.3 Å².